The number of aromatic nitrogens is 2. The molecule has 6 rings (SSSR count). The van der Waals surface area contributed by atoms with Gasteiger partial charge in [0.05, 0.1) is 23.7 Å². The van der Waals surface area contributed by atoms with Gasteiger partial charge in [-0.25, -0.2) is 9.37 Å². The van der Waals surface area contributed by atoms with Crippen LogP contribution in [-0.4, -0.2) is 22.5 Å². The SMILES string of the molecule is CCOc1cc(C=Nn2c(-c3cc4ccccc4o3)nc3ccccc3c2=O)c(Br)c(Cl)c1OCc1ccc(F)cc1. The minimum atomic E-state index is -0.362. The molecule has 4 aromatic carbocycles. The average Bonchev–Trinajstić information content (AvgIpc) is 3.44. The number of rotatable bonds is 8. The Morgan fingerprint density at radius 1 is 1.05 bits per heavy atom. The second-order valence-electron chi connectivity index (χ2n) is 9.23. The molecular formula is C32H22BrClFN3O4. The Morgan fingerprint density at radius 2 is 1.81 bits per heavy atom. The van der Waals surface area contributed by atoms with E-state index in [1.54, 1.807) is 36.4 Å². The summed E-state index contributed by atoms with van der Waals surface area (Å²) in [6.07, 6.45) is 1.49. The third-order valence-electron chi connectivity index (χ3n) is 6.46. The Morgan fingerprint density at radius 3 is 2.60 bits per heavy atom. The third kappa shape index (κ3) is 5.41. The first-order valence-corrected chi connectivity index (χ1v) is 14.2. The van der Waals surface area contributed by atoms with Crippen LogP contribution in [0.4, 0.5) is 4.39 Å². The minimum Gasteiger partial charge on any atom is -0.490 e. The van der Waals surface area contributed by atoms with Gasteiger partial charge in [0.25, 0.3) is 5.56 Å². The van der Waals surface area contributed by atoms with Crippen molar-refractivity contribution in [1.29, 1.82) is 0 Å². The third-order valence-corrected chi connectivity index (χ3v) is 7.91. The lowest BCUT2D eigenvalue weighted by molar-refractivity contribution is 0.269. The molecule has 0 amide bonds. The van der Waals surface area contributed by atoms with Gasteiger partial charge in [0.2, 0.25) is 5.82 Å². The molecule has 0 spiro atoms. The van der Waals surface area contributed by atoms with E-state index in [0.717, 1.165) is 10.9 Å². The van der Waals surface area contributed by atoms with Gasteiger partial charge in [-0.15, -0.1) is 0 Å². The van der Waals surface area contributed by atoms with Gasteiger partial charge in [-0.1, -0.05) is 54.1 Å². The maximum Gasteiger partial charge on any atom is 0.282 e. The van der Waals surface area contributed by atoms with Gasteiger partial charge in [-0.2, -0.15) is 9.78 Å². The van der Waals surface area contributed by atoms with E-state index >= 15 is 0 Å². The fourth-order valence-electron chi connectivity index (χ4n) is 4.43. The standard InChI is InChI=1S/C32H22BrClFN3O4/c1-2-40-26-16-21(28(33)29(34)30(26)41-18-19-11-13-22(35)14-12-19)17-36-38-31(27-15-20-7-3-6-10-25(20)42-27)37-24-9-5-4-8-23(24)32(38)39/h3-17H,2,18H2,1H3. The highest BCUT2D eigenvalue weighted by Crippen LogP contribution is 2.42. The van der Waals surface area contributed by atoms with Gasteiger partial charge < -0.3 is 13.9 Å². The van der Waals surface area contributed by atoms with Crippen LogP contribution in [0.5, 0.6) is 11.5 Å². The monoisotopic (exact) mass is 645 g/mol. The quantitative estimate of drug-likeness (QED) is 0.156. The van der Waals surface area contributed by atoms with Gasteiger partial charge in [0.1, 0.15) is 23.0 Å². The van der Waals surface area contributed by atoms with Crippen LogP contribution in [0.25, 0.3) is 33.5 Å². The first-order chi connectivity index (χ1) is 20.4. The molecule has 0 radical (unpaired) electrons. The Balaban J connectivity index is 1.43. The summed E-state index contributed by atoms with van der Waals surface area (Å²) in [6, 6.07) is 24.1. The molecule has 7 nitrogen and oxygen atoms in total. The zero-order valence-corrected chi connectivity index (χ0v) is 24.5. The van der Waals surface area contributed by atoms with Crippen molar-refractivity contribution < 1.29 is 18.3 Å². The molecular weight excluding hydrogens is 625 g/mol. The normalized spacial score (nSPS) is 11.5. The summed E-state index contributed by atoms with van der Waals surface area (Å²) < 4.78 is 32.9. The zero-order valence-electron chi connectivity index (χ0n) is 22.2. The molecule has 0 atom stereocenters. The summed E-state index contributed by atoms with van der Waals surface area (Å²) in [5, 5.41) is 6.08. The van der Waals surface area contributed by atoms with Crippen LogP contribution in [0, 0.1) is 5.82 Å². The molecule has 0 unspecified atom stereocenters. The predicted molar refractivity (Wildman–Crippen MR) is 165 cm³/mol. The maximum absolute atomic E-state index is 13.6. The number of benzene rings is 4. The van der Waals surface area contributed by atoms with Gasteiger partial charge in [-0.3, -0.25) is 4.79 Å². The predicted octanol–water partition coefficient (Wildman–Crippen LogP) is 8.22. The first-order valence-electron chi connectivity index (χ1n) is 13.0. The molecule has 42 heavy (non-hydrogen) atoms. The van der Waals surface area contributed by atoms with E-state index in [0.29, 0.717) is 50.4 Å². The lowest BCUT2D eigenvalue weighted by Crippen LogP contribution is -2.20. The molecule has 0 saturated carbocycles. The van der Waals surface area contributed by atoms with Crippen molar-refractivity contribution in [2.45, 2.75) is 13.5 Å². The summed E-state index contributed by atoms with van der Waals surface area (Å²) in [6.45, 7) is 2.35. The second kappa shape index (κ2) is 11.8. The number of furan rings is 1. The number of hydrogen-bond acceptors (Lipinski definition) is 6. The van der Waals surface area contributed by atoms with Crippen molar-refractivity contribution in [3.8, 4) is 23.1 Å². The molecule has 0 saturated heterocycles. The van der Waals surface area contributed by atoms with E-state index in [1.807, 2.05) is 43.3 Å². The van der Waals surface area contributed by atoms with Crippen LogP contribution in [0.1, 0.15) is 18.1 Å². The fraction of sp³-hybridized carbons (Fsp3) is 0.0938. The van der Waals surface area contributed by atoms with Crippen molar-refractivity contribution in [2.24, 2.45) is 5.10 Å². The molecule has 0 aliphatic heterocycles. The highest BCUT2D eigenvalue weighted by atomic mass is 79.9. The van der Waals surface area contributed by atoms with Crippen LogP contribution in [0.3, 0.4) is 0 Å². The number of fused-ring (bicyclic) bond motifs is 2. The van der Waals surface area contributed by atoms with Crippen LogP contribution in [0.2, 0.25) is 5.02 Å². The van der Waals surface area contributed by atoms with Crippen molar-refractivity contribution in [2.75, 3.05) is 6.61 Å². The molecule has 2 heterocycles. The zero-order chi connectivity index (χ0) is 29.2. The molecule has 0 aliphatic rings. The maximum atomic E-state index is 13.6. The number of hydrogen-bond donors (Lipinski definition) is 0. The van der Waals surface area contributed by atoms with Crippen LogP contribution >= 0.6 is 27.5 Å². The van der Waals surface area contributed by atoms with E-state index in [2.05, 4.69) is 21.0 Å². The summed E-state index contributed by atoms with van der Waals surface area (Å²) >= 11 is 10.3. The molecule has 210 valence electrons. The van der Waals surface area contributed by atoms with Crippen LogP contribution in [0.15, 0.2) is 104 Å². The Hall–Kier alpha value is -4.47. The molecule has 0 bridgehead atoms. The van der Waals surface area contributed by atoms with Crippen molar-refractivity contribution >= 4 is 55.6 Å². The molecule has 0 N–H and O–H groups in total. The number of nitrogens with zero attached hydrogens (tertiary/aromatic N) is 3. The number of halogens is 3. The first kappa shape index (κ1) is 27.7. The molecule has 2 aromatic heterocycles. The number of ether oxygens (including phenoxy) is 2. The minimum absolute atomic E-state index is 0.152. The van der Waals surface area contributed by atoms with Crippen molar-refractivity contribution in [3.63, 3.8) is 0 Å². The average molecular weight is 647 g/mol. The molecule has 0 fully saturated rings. The Bertz CT molecular complexity index is 1990. The van der Waals surface area contributed by atoms with Crippen molar-refractivity contribution in [3.05, 3.63) is 122 Å². The van der Waals surface area contributed by atoms with Crippen LogP contribution in [-0.2, 0) is 6.61 Å². The van der Waals surface area contributed by atoms with E-state index in [4.69, 9.17) is 30.5 Å². The highest BCUT2D eigenvalue weighted by molar-refractivity contribution is 9.10. The lowest BCUT2D eigenvalue weighted by atomic mass is 10.2. The van der Waals surface area contributed by atoms with Gasteiger partial charge in [0.15, 0.2) is 17.3 Å². The van der Waals surface area contributed by atoms with E-state index in [-0.39, 0.29) is 28.8 Å². The van der Waals surface area contributed by atoms with Gasteiger partial charge in [-0.05, 0) is 70.9 Å². The van der Waals surface area contributed by atoms with E-state index in [1.165, 1.54) is 23.0 Å². The van der Waals surface area contributed by atoms with Gasteiger partial charge in [0, 0.05) is 15.4 Å². The number of para-hydroxylation sites is 2. The highest BCUT2D eigenvalue weighted by Gasteiger charge is 2.19. The van der Waals surface area contributed by atoms with Crippen LogP contribution < -0.4 is 15.0 Å². The van der Waals surface area contributed by atoms with E-state index in [9.17, 15) is 9.18 Å². The largest absolute Gasteiger partial charge is 0.490 e. The van der Waals surface area contributed by atoms with Gasteiger partial charge >= 0.3 is 0 Å². The van der Waals surface area contributed by atoms with E-state index < -0.39 is 0 Å². The summed E-state index contributed by atoms with van der Waals surface area (Å²) in [5.41, 5.74) is 2.12. The smallest absolute Gasteiger partial charge is 0.282 e. The molecule has 6 aromatic rings. The topological polar surface area (TPSA) is 78.9 Å². The fourth-order valence-corrected chi connectivity index (χ4v) is 5.09. The summed E-state index contributed by atoms with van der Waals surface area (Å²) in [5.74, 6) is 1.02. The molecule has 10 heteroatoms. The Labute approximate surface area is 252 Å². The summed E-state index contributed by atoms with van der Waals surface area (Å²) in [4.78, 5) is 18.4. The molecule has 0 aliphatic carbocycles. The lowest BCUT2D eigenvalue weighted by Gasteiger charge is -2.16. The Kier molecular flexibility index (Phi) is 7.78. The van der Waals surface area contributed by atoms with Crippen molar-refractivity contribution in [1.82, 2.24) is 9.66 Å². The summed E-state index contributed by atoms with van der Waals surface area (Å²) in [7, 11) is 0. The second-order valence-corrected chi connectivity index (χ2v) is 10.4.